The summed E-state index contributed by atoms with van der Waals surface area (Å²) in [4.78, 5) is 0. The van der Waals surface area contributed by atoms with Gasteiger partial charge in [-0.15, -0.1) is 0 Å². The molecular weight excluding hydrogens is 256 g/mol. The second-order valence-corrected chi connectivity index (χ2v) is 5.08. The molecule has 3 N–H and O–H groups in total. The highest BCUT2D eigenvalue weighted by atomic mass is 35.5. The normalized spacial score (nSPS) is 12.4. The lowest BCUT2D eigenvalue weighted by Crippen LogP contribution is -2.28. The van der Waals surface area contributed by atoms with Crippen molar-refractivity contribution >= 4 is 11.6 Å². The number of nitrogens with two attached hydrogens (primary N) is 1. The van der Waals surface area contributed by atoms with Crippen molar-refractivity contribution in [2.75, 3.05) is 0 Å². The molecule has 0 fully saturated rings. The van der Waals surface area contributed by atoms with Crippen molar-refractivity contribution in [2.45, 2.75) is 25.8 Å². The Morgan fingerprint density at radius 2 is 1.84 bits per heavy atom. The van der Waals surface area contributed by atoms with E-state index in [0.717, 1.165) is 23.4 Å². The van der Waals surface area contributed by atoms with Crippen molar-refractivity contribution in [3.8, 4) is 0 Å². The van der Waals surface area contributed by atoms with Crippen LogP contribution in [0.3, 0.4) is 0 Å². The lowest BCUT2D eigenvalue weighted by Gasteiger charge is -2.18. The maximum absolute atomic E-state index is 5.92. The molecule has 0 heterocycles. The first-order chi connectivity index (χ1) is 9.24. The Bertz CT molecular complexity index is 523. The Hall–Kier alpha value is -1.35. The first-order valence-corrected chi connectivity index (χ1v) is 6.93. The van der Waals surface area contributed by atoms with Crippen molar-refractivity contribution in [3.05, 3.63) is 70.2 Å². The smallest absolute Gasteiger partial charge is 0.0710 e. The molecule has 0 aromatic heterocycles. The molecule has 1 unspecified atom stereocenters. The summed E-state index contributed by atoms with van der Waals surface area (Å²) in [5.74, 6) is 5.72. The molecule has 2 rings (SSSR count). The van der Waals surface area contributed by atoms with Crippen molar-refractivity contribution in [1.29, 1.82) is 0 Å². The van der Waals surface area contributed by atoms with Crippen molar-refractivity contribution in [1.82, 2.24) is 5.43 Å². The average molecular weight is 275 g/mol. The summed E-state index contributed by atoms with van der Waals surface area (Å²) in [5.41, 5.74) is 6.51. The summed E-state index contributed by atoms with van der Waals surface area (Å²) >= 11 is 5.92. The van der Waals surface area contributed by atoms with Gasteiger partial charge in [0.15, 0.2) is 0 Å². The van der Waals surface area contributed by atoms with E-state index in [1.165, 1.54) is 11.1 Å². The van der Waals surface area contributed by atoms with E-state index in [9.17, 15) is 0 Å². The van der Waals surface area contributed by atoms with Gasteiger partial charge in [0.05, 0.1) is 6.04 Å². The Morgan fingerprint density at radius 3 is 2.47 bits per heavy atom. The molecule has 19 heavy (non-hydrogen) atoms. The van der Waals surface area contributed by atoms with Gasteiger partial charge in [-0.05, 0) is 35.2 Å². The van der Waals surface area contributed by atoms with Gasteiger partial charge in [-0.25, -0.2) is 5.43 Å². The van der Waals surface area contributed by atoms with Gasteiger partial charge in [0.1, 0.15) is 0 Å². The second kappa shape index (κ2) is 6.71. The fourth-order valence-electron chi connectivity index (χ4n) is 2.26. The maximum atomic E-state index is 5.92. The van der Waals surface area contributed by atoms with Crippen LogP contribution in [0, 0.1) is 0 Å². The van der Waals surface area contributed by atoms with Crippen molar-refractivity contribution in [2.24, 2.45) is 5.84 Å². The van der Waals surface area contributed by atoms with Crippen LogP contribution < -0.4 is 11.3 Å². The van der Waals surface area contributed by atoms with Crippen molar-refractivity contribution in [3.63, 3.8) is 0 Å². The molecule has 0 aliphatic heterocycles. The number of rotatable bonds is 5. The molecule has 2 nitrogen and oxygen atoms in total. The zero-order valence-electron chi connectivity index (χ0n) is 11.1. The van der Waals surface area contributed by atoms with E-state index in [1.54, 1.807) is 0 Å². The summed E-state index contributed by atoms with van der Waals surface area (Å²) in [6.45, 7) is 2.19. The average Bonchev–Trinajstić information content (AvgIpc) is 2.43. The van der Waals surface area contributed by atoms with Gasteiger partial charge in [-0.1, -0.05) is 61.3 Å². The Balaban J connectivity index is 2.30. The lowest BCUT2D eigenvalue weighted by atomic mass is 9.96. The van der Waals surface area contributed by atoms with Gasteiger partial charge in [0, 0.05) is 5.02 Å². The largest absolute Gasteiger partial charge is 0.271 e. The highest BCUT2D eigenvalue weighted by Crippen LogP contribution is 2.23. The maximum Gasteiger partial charge on any atom is 0.0710 e. The van der Waals surface area contributed by atoms with E-state index in [4.69, 9.17) is 17.4 Å². The van der Waals surface area contributed by atoms with E-state index in [1.807, 2.05) is 24.3 Å². The first-order valence-electron chi connectivity index (χ1n) is 6.55. The van der Waals surface area contributed by atoms with Gasteiger partial charge in [0.25, 0.3) is 0 Å². The van der Waals surface area contributed by atoms with Crippen LogP contribution in [0.25, 0.3) is 0 Å². The zero-order valence-corrected chi connectivity index (χ0v) is 11.8. The molecule has 2 aromatic rings. The predicted molar refractivity (Wildman–Crippen MR) is 81.1 cm³/mol. The Labute approximate surface area is 119 Å². The third kappa shape index (κ3) is 3.57. The minimum absolute atomic E-state index is 0.00549. The van der Waals surface area contributed by atoms with Crippen LogP contribution >= 0.6 is 11.6 Å². The highest BCUT2D eigenvalue weighted by Gasteiger charge is 2.12. The van der Waals surface area contributed by atoms with Gasteiger partial charge < -0.3 is 0 Å². The predicted octanol–water partition coefficient (Wildman–Crippen LogP) is 3.85. The standard InChI is InChI=1S/C16H19ClN2/c1-2-4-12-5-3-6-14(11-12)16(19-18)13-7-9-15(17)10-8-13/h3,5-11,16,19H,2,4,18H2,1H3. The number of benzene rings is 2. The summed E-state index contributed by atoms with van der Waals surface area (Å²) < 4.78 is 0. The molecule has 0 spiro atoms. The van der Waals surface area contributed by atoms with E-state index in [2.05, 4.69) is 36.6 Å². The van der Waals surface area contributed by atoms with Crippen LogP contribution in [-0.2, 0) is 6.42 Å². The van der Waals surface area contributed by atoms with Crippen LogP contribution in [0.2, 0.25) is 5.02 Å². The number of halogens is 1. The molecule has 3 heteroatoms. The molecule has 0 saturated carbocycles. The second-order valence-electron chi connectivity index (χ2n) is 4.65. The van der Waals surface area contributed by atoms with Gasteiger partial charge in [-0.2, -0.15) is 0 Å². The molecule has 0 bridgehead atoms. The van der Waals surface area contributed by atoms with Crippen molar-refractivity contribution < 1.29 is 0 Å². The number of aryl methyl sites for hydroxylation is 1. The molecule has 0 radical (unpaired) electrons. The summed E-state index contributed by atoms with van der Waals surface area (Å²) in [5, 5.41) is 0.735. The fraction of sp³-hybridized carbons (Fsp3) is 0.250. The quantitative estimate of drug-likeness (QED) is 0.642. The van der Waals surface area contributed by atoms with Crippen LogP contribution in [0.15, 0.2) is 48.5 Å². The minimum atomic E-state index is -0.00549. The van der Waals surface area contributed by atoms with Crippen LogP contribution in [0.1, 0.15) is 36.1 Å². The fourth-order valence-corrected chi connectivity index (χ4v) is 2.38. The Morgan fingerprint density at radius 1 is 1.11 bits per heavy atom. The molecular formula is C16H19ClN2. The SMILES string of the molecule is CCCc1cccc(C(NN)c2ccc(Cl)cc2)c1. The molecule has 0 aliphatic rings. The third-order valence-electron chi connectivity index (χ3n) is 3.19. The number of hydrogen-bond donors (Lipinski definition) is 2. The number of hydrazine groups is 1. The lowest BCUT2D eigenvalue weighted by molar-refractivity contribution is 0.636. The van der Waals surface area contributed by atoms with E-state index >= 15 is 0 Å². The monoisotopic (exact) mass is 274 g/mol. The first kappa shape index (κ1) is 14.1. The topological polar surface area (TPSA) is 38.0 Å². The molecule has 1 atom stereocenters. The number of nitrogens with one attached hydrogen (secondary N) is 1. The molecule has 0 amide bonds. The van der Waals surface area contributed by atoms with Crippen LogP contribution in [0.5, 0.6) is 0 Å². The van der Waals surface area contributed by atoms with Gasteiger partial charge >= 0.3 is 0 Å². The van der Waals surface area contributed by atoms with E-state index in [0.29, 0.717) is 0 Å². The summed E-state index contributed by atoms with van der Waals surface area (Å²) in [7, 11) is 0. The van der Waals surface area contributed by atoms with E-state index in [-0.39, 0.29) is 6.04 Å². The Kier molecular flexibility index (Phi) is 4.97. The third-order valence-corrected chi connectivity index (χ3v) is 3.45. The molecule has 0 aliphatic carbocycles. The minimum Gasteiger partial charge on any atom is -0.271 e. The highest BCUT2D eigenvalue weighted by molar-refractivity contribution is 6.30. The summed E-state index contributed by atoms with van der Waals surface area (Å²) in [6.07, 6.45) is 2.23. The van der Waals surface area contributed by atoms with Gasteiger partial charge in [-0.3, -0.25) is 5.84 Å². The van der Waals surface area contributed by atoms with E-state index < -0.39 is 0 Å². The van der Waals surface area contributed by atoms with Gasteiger partial charge in [0.2, 0.25) is 0 Å². The molecule has 0 saturated heterocycles. The number of hydrogen-bond acceptors (Lipinski definition) is 2. The molecule has 100 valence electrons. The molecule has 2 aromatic carbocycles. The van der Waals surface area contributed by atoms with Crippen LogP contribution in [-0.4, -0.2) is 0 Å². The van der Waals surface area contributed by atoms with Crippen LogP contribution in [0.4, 0.5) is 0 Å². The zero-order chi connectivity index (χ0) is 13.7. The summed E-state index contributed by atoms with van der Waals surface area (Å²) in [6, 6.07) is 16.3.